The van der Waals surface area contributed by atoms with E-state index in [1.54, 1.807) is 30.3 Å². The summed E-state index contributed by atoms with van der Waals surface area (Å²) >= 11 is 1.03. The molecule has 13 heteroatoms. The topological polar surface area (TPSA) is 133 Å². The van der Waals surface area contributed by atoms with E-state index in [1.807, 2.05) is 0 Å². The Hall–Kier alpha value is -3.26. The molecule has 2 saturated heterocycles. The molecule has 200 valence electrons. The van der Waals surface area contributed by atoms with Crippen LogP contribution in [0.4, 0.5) is 4.39 Å². The van der Waals surface area contributed by atoms with Crippen molar-refractivity contribution in [3.63, 3.8) is 0 Å². The second-order valence-corrected chi connectivity index (χ2v) is 12.2. The van der Waals surface area contributed by atoms with Crippen molar-refractivity contribution in [1.82, 2.24) is 30.5 Å². The highest BCUT2D eigenvalue weighted by Gasteiger charge is 2.44. The van der Waals surface area contributed by atoms with Crippen LogP contribution in [0.5, 0.6) is 0 Å². The second kappa shape index (κ2) is 11.2. The molecule has 3 atom stereocenters. The Morgan fingerprint density at radius 3 is 2.50 bits per heavy atom. The monoisotopic (exact) mass is 558 g/mol. The van der Waals surface area contributed by atoms with Gasteiger partial charge in [0.15, 0.2) is 0 Å². The fraction of sp³-hybridized carbons (Fsp3) is 0.360. The highest BCUT2D eigenvalue weighted by atomic mass is 32.2. The lowest BCUT2D eigenvalue weighted by molar-refractivity contribution is -0.125. The van der Waals surface area contributed by atoms with Crippen LogP contribution in [0.2, 0.25) is 0 Å². The van der Waals surface area contributed by atoms with Crippen molar-refractivity contribution in [2.24, 2.45) is 5.92 Å². The van der Waals surface area contributed by atoms with Crippen molar-refractivity contribution < 1.29 is 22.4 Å². The van der Waals surface area contributed by atoms with Gasteiger partial charge in [0.25, 0.3) is 5.91 Å². The van der Waals surface area contributed by atoms with Crippen LogP contribution in [0, 0.1) is 11.7 Å². The molecule has 2 aliphatic rings. The van der Waals surface area contributed by atoms with Crippen LogP contribution in [0.1, 0.15) is 22.6 Å². The molecule has 2 amide bonds. The smallest absolute Gasteiger partial charge is 0.282 e. The quantitative estimate of drug-likeness (QED) is 0.401. The molecule has 0 unspecified atom stereocenters. The molecule has 10 nitrogen and oxygen atoms in total. The summed E-state index contributed by atoms with van der Waals surface area (Å²) in [4.78, 5) is 26.5. The zero-order valence-corrected chi connectivity index (χ0v) is 22.0. The maximum absolute atomic E-state index is 13.3. The third-order valence-corrected chi connectivity index (χ3v) is 9.49. The van der Waals surface area contributed by atoms with Crippen molar-refractivity contribution in [2.75, 3.05) is 26.2 Å². The number of sulfonamides is 1. The average molecular weight is 559 g/mol. The molecule has 5 rings (SSSR count). The predicted octanol–water partition coefficient (Wildman–Crippen LogP) is 1.63. The molecule has 38 heavy (non-hydrogen) atoms. The van der Waals surface area contributed by atoms with Crippen LogP contribution in [0.15, 0.2) is 59.5 Å². The van der Waals surface area contributed by atoms with E-state index in [0.29, 0.717) is 17.1 Å². The van der Waals surface area contributed by atoms with Crippen LogP contribution in [0.3, 0.4) is 0 Å². The van der Waals surface area contributed by atoms with E-state index in [4.69, 9.17) is 0 Å². The summed E-state index contributed by atoms with van der Waals surface area (Å²) in [5, 5.41) is 17.6. The minimum absolute atomic E-state index is 0.0596. The third kappa shape index (κ3) is 5.75. The number of halogens is 1. The zero-order chi connectivity index (χ0) is 26.7. The Kier molecular flexibility index (Phi) is 7.79. The number of hydrogen-bond donors (Lipinski definition) is 3. The molecule has 3 N–H and O–H groups in total. The summed E-state index contributed by atoms with van der Waals surface area (Å²) in [6, 6.07) is 12.8. The van der Waals surface area contributed by atoms with Crippen LogP contribution < -0.4 is 16.0 Å². The largest absolute Gasteiger partial charge is 0.352 e. The van der Waals surface area contributed by atoms with Gasteiger partial charge in [-0.1, -0.05) is 29.5 Å². The van der Waals surface area contributed by atoms with E-state index in [-0.39, 0.29) is 40.8 Å². The molecule has 2 fully saturated rings. The maximum atomic E-state index is 13.3. The Balaban J connectivity index is 1.35. The molecule has 0 spiro atoms. The summed E-state index contributed by atoms with van der Waals surface area (Å²) in [6.45, 7) is 1.40. The van der Waals surface area contributed by atoms with Gasteiger partial charge in [-0.2, -0.15) is 4.31 Å². The number of carbonyl (C=O) groups excluding carboxylic acids is 2. The first-order valence-corrected chi connectivity index (χ1v) is 14.5. The van der Waals surface area contributed by atoms with Gasteiger partial charge in [0.2, 0.25) is 20.9 Å². The minimum atomic E-state index is -3.87. The first kappa shape index (κ1) is 26.4. The normalized spacial score (nSPS) is 22.2. The van der Waals surface area contributed by atoms with Gasteiger partial charge >= 0.3 is 0 Å². The van der Waals surface area contributed by atoms with Crippen molar-refractivity contribution in [3.8, 4) is 10.6 Å². The van der Waals surface area contributed by atoms with E-state index in [9.17, 15) is 22.4 Å². The fourth-order valence-corrected chi connectivity index (χ4v) is 6.92. The van der Waals surface area contributed by atoms with Gasteiger partial charge < -0.3 is 16.0 Å². The lowest BCUT2D eigenvalue weighted by Gasteiger charge is -2.26. The molecule has 3 heterocycles. The highest BCUT2D eigenvalue weighted by molar-refractivity contribution is 7.89. The molecule has 1 aromatic heterocycles. The molecule has 3 aromatic rings. The Bertz CT molecular complexity index is 1390. The van der Waals surface area contributed by atoms with E-state index >= 15 is 0 Å². The first-order chi connectivity index (χ1) is 18.3. The predicted molar refractivity (Wildman–Crippen MR) is 139 cm³/mol. The van der Waals surface area contributed by atoms with Gasteiger partial charge in [-0.3, -0.25) is 9.59 Å². The van der Waals surface area contributed by atoms with E-state index in [1.165, 1.54) is 28.6 Å². The van der Waals surface area contributed by atoms with Gasteiger partial charge in [0.05, 0.1) is 16.9 Å². The Morgan fingerprint density at radius 2 is 1.79 bits per heavy atom. The summed E-state index contributed by atoms with van der Waals surface area (Å²) in [6.07, 6.45) is 1.75. The Morgan fingerprint density at radius 1 is 1.03 bits per heavy atom. The standard InChI is InChI=1S/C25H27FN6O4S2/c26-17-10-8-16(9-11-17)24-30-31-25(37-24)23(34)29-21-15-32(38(35,36)19-6-2-1-3-7-19)14-20(21)22(33)28-18-5-4-12-27-13-18/h1-3,6-11,18,20-21,27H,4-5,12-15H2,(H,28,33)(H,29,34)/t18-,20-,21-/m0/s1. The van der Waals surface area contributed by atoms with E-state index in [0.717, 1.165) is 30.7 Å². The van der Waals surface area contributed by atoms with Crippen LogP contribution in [0.25, 0.3) is 10.6 Å². The molecule has 0 aliphatic carbocycles. The van der Waals surface area contributed by atoms with Crippen molar-refractivity contribution >= 4 is 33.2 Å². The molecular formula is C25H27FN6O4S2. The van der Waals surface area contributed by atoms with Crippen molar-refractivity contribution in [3.05, 3.63) is 65.4 Å². The fourth-order valence-electron chi connectivity index (χ4n) is 4.65. The number of aromatic nitrogens is 2. The third-order valence-electron chi connectivity index (χ3n) is 6.67. The lowest BCUT2D eigenvalue weighted by Crippen LogP contribution is -2.51. The van der Waals surface area contributed by atoms with Crippen LogP contribution >= 0.6 is 11.3 Å². The second-order valence-electron chi connectivity index (χ2n) is 9.29. The number of benzene rings is 2. The average Bonchev–Trinajstić information content (AvgIpc) is 3.59. The number of rotatable bonds is 7. The number of hydrogen-bond acceptors (Lipinski definition) is 8. The minimum Gasteiger partial charge on any atom is -0.352 e. The van der Waals surface area contributed by atoms with Crippen molar-refractivity contribution in [1.29, 1.82) is 0 Å². The molecule has 2 aliphatic heterocycles. The number of amides is 2. The summed E-state index contributed by atoms with van der Waals surface area (Å²) in [7, 11) is -3.87. The lowest BCUT2D eigenvalue weighted by atomic mass is 10.0. The number of piperidine rings is 1. The van der Waals surface area contributed by atoms with Crippen LogP contribution in [-0.2, 0) is 14.8 Å². The van der Waals surface area contributed by atoms with E-state index < -0.39 is 27.9 Å². The maximum Gasteiger partial charge on any atom is 0.282 e. The molecule has 0 radical (unpaired) electrons. The van der Waals surface area contributed by atoms with Crippen molar-refractivity contribution in [2.45, 2.75) is 29.8 Å². The van der Waals surface area contributed by atoms with Gasteiger partial charge in [-0.15, -0.1) is 10.2 Å². The van der Waals surface area contributed by atoms with Gasteiger partial charge in [0.1, 0.15) is 10.8 Å². The molecule has 0 saturated carbocycles. The molecule has 0 bridgehead atoms. The Labute approximate surface area is 223 Å². The van der Waals surface area contributed by atoms with Gasteiger partial charge in [-0.05, 0) is 55.8 Å². The van der Waals surface area contributed by atoms with Gasteiger partial charge in [-0.25, -0.2) is 12.8 Å². The van der Waals surface area contributed by atoms with E-state index in [2.05, 4.69) is 26.1 Å². The summed E-state index contributed by atoms with van der Waals surface area (Å²) in [5.74, 6) is -2.04. The SMILES string of the molecule is O=C(N[C@H]1CN(S(=O)(=O)c2ccccc2)C[C@@H]1C(=O)N[C@H]1CCCNC1)c1nnc(-c2ccc(F)cc2)s1. The first-order valence-electron chi connectivity index (χ1n) is 12.3. The van der Waals surface area contributed by atoms with Gasteiger partial charge in [0, 0.05) is 31.2 Å². The zero-order valence-electron chi connectivity index (χ0n) is 20.3. The molecule has 2 aromatic carbocycles. The number of carbonyl (C=O) groups is 2. The summed E-state index contributed by atoms with van der Waals surface area (Å²) in [5.41, 5.74) is 0.613. The highest BCUT2D eigenvalue weighted by Crippen LogP contribution is 2.27. The number of nitrogens with one attached hydrogen (secondary N) is 3. The number of nitrogens with zero attached hydrogens (tertiary/aromatic N) is 3. The molecular weight excluding hydrogens is 531 g/mol. The summed E-state index contributed by atoms with van der Waals surface area (Å²) < 4.78 is 41.1. The van der Waals surface area contributed by atoms with Crippen LogP contribution in [-0.4, -0.2) is 73.0 Å².